The maximum absolute atomic E-state index is 7.11. The first-order valence-electron chi connectivity index (χ1n) is 40.6. The van der Waals surface area contributed by atoms with Crippen LogP contribution >= 0.6 is 0 Å². The van der Waals surface area contributed by atoms with E-state index in [0.717, 1.165) is 166 Å². The van der Waals surface area contributed by atoms with E-state index >= 15 is 0 Å². The van der Waals surface area contributed by atoms with Crippen LogP contribution < -0.4 is 27.0 Å². The van der Waals surface area contributed by atoms with E-state index in [2.05, 4.69) is 276 Å². The number of amidine groups is 1. The standard InChI is InChI=1S/C81H152N18O6/c1-70(2)46-58(47-71(3,4)90(70)25)100-67-43-64(84-97(87-67)103-61-52-76(13,14)93(28)77(15,16)53-61)82-39-35-31-33-37-41-96(66-45-69(102-60-50-74(9,10)92(27)75(11,12)51-60)89-99(86-66)105-63-56-80(21,22)95(30)81(23,24)57-63)42-38-34-32-36-40-83-65-44-68(101-59-48-72(5,6)91(26)73(7,8)49-59)88-98(85-65)104-62-54-78(17,18)94(29)79(19,20)55-62/h43-45,58-63,82,84,86,88H,31-42,46-57H2,1-30H3,(H,83,85). The average Bonchev–Trinajstić information content (AvgIpc) is 0.801. The number of rotatable bonds is 26. The third-order valence-corrected chi connectivity index (χ3v) is 26.9. The lowest BCUT2D eigenvalue weighted by atomic mass is 9.79. The van der Waals surface area contributed by atoms with E-state index in [-0.39, 0.29) is 103 Å². The largest absolute Gasteiger partial charge is 0.475 e. The number of hydrogen-bond acceptors (Lipinski definition) is 23. The van der Waals surface area contributed by atoms with Crippen molar-refractivity contribution >= 4 is 17.6 Å². The number of nitrogens with one attached hydrogen (secondary N) is 5. The highest BCUT2D eigenvalue weighted by Crippen LogP contribution is 2.45. The molecule has 9 aliphatic heterocycles. The number of hydrazine groups is 4. The maximum atomic E-state index is 7.11. The maximum Gasteiger partial charge on any atom is 0.239 e. The van der Waals surface area contributed by atoms with Gasteiger partial charge in [0.1, 0.15) is 35.8 Å². The molecular weight excluding hydrogens is 1320 g/mol. The van der Waals surface area contributed by atoms with Crippen molar-refractivity contribution in [2.75, 3.05) is 68.5 Å². The Hall–Kier alpha value is -4.37. The Morgan fingerprint density at radius 3 is 1.09 bits per heavy atom. The second kappa shape index (κ2) is 31.8. The van der Waals surface area contributed by atoms with Crippen molar-refractivity contribution in [3.63, 3.8) is 0 Å². The van der Waals surface area contributed by atoms with Gasteiger partial charge in [-0.05, 0) is 273 Å². The molecule has 9 aliphatic rings. The highest BCUT2D eigenvalue weighted by molar-refractivity contribution is 5.93. The molecule has 0 radical (unpaired) electrons. The minimum atomic E-state index is -0.0771. The third kappa shape index (κ3) is 21.2. The molecular formula is C81H152N18O6. The molecule has 0 spiro atoms. The molecule has 0 aromatic carbocycles. The first kappa shape index (κ1) is 84.6. The van der Waals surface area contributed by atoms with E-state index in [9.17, 15) is 0 Å². The van der Waals surface area contributed by atoms with Gasteiger partial charge in [0.25, 0.3) is 0 Å². The number of hydrogen-bond donors (Lipinski definition) is 5. The van der Waals surface area contributed by atoms with E-state index in [1.807, 2.05) is 12.2 Å². The molecule has 6 saturated heterocycles. The summed E-state index contributed by atoms with van der Waals surface area (Å²) in [5, 5.41) is 18.7. The minimum Gasteiger partial charge on any atom is -0.475 e. The van der Waals surface area contributed by atoms with Crippen molar-refractivity contribution in [1.29, 1.82) is 0 Å². The van der Waals surface area contributed by atoms with Crippen LogP contribution in [-0.2, 0) is 28.7 Å². The first-order valence-corrected chi connectivity index (χ1v) is 40.6. The minimum absolute atomic E-state index is 0.00219. The van der Waals surface area contributed by atoms with E-state index in [1.165, 1.54) is 0 Å². The van der Waals surface area contributed by atoms with Gasteiger partial charge in [0.05, 0.1) is 18.3 Å². The van der Waals surface area contributed by atoms with Crippen LogP contribution in [0.4, 0.5) is 0 Å². The fourth-order valence-electron chi connectivity index (χ4n) is 19.3. The van der Waals surface area contributed by atoms with E-state index < -0.39 is 0 Å². The molecule has 9 heterocycles. The lowest BCUT2D eigenvalue weighted by Crippen LogP contribution is -2.63. The highest BCUT2D eigenvalue weighted by Gasteiger charge is 2.51. The zero-order valence-electron chi connectivity index (χ0n) is 71.9. The summed E-state index contributed by atoms with van der Waals surface area (Å²) in [5.74, 6) is 4.28. The van der Waals surface area contributed by atoms with Gasteiger partial charge >= 0.3 is 0 Å². The predicted octanol–water partition coefficient (Wildman–Crippen LogP) is 13.3. The van der Waals surface area contributed by atoms with Gasteiger partial charge in [0, 0.05) is 155 Å². The molecule has 0 bridgehead atoms. The van der Waals surface area contributed by atoms with Gasteiger partial charge in [-0.15, -0.1) is 0 Å². The zero-order valence-corrected chi connectivity index (χ0v) is 71.9. The summed E-state index contributed by atoms with van der Waals surface area (Å²) in [6.45, 7) is 58.7. The third-order valence-electron chi connectivity index (χ3n) is 26.9. The van der Waals surface area contributed by atoms with Crippen LogP contribution in [-0.4, -0.2) is 239 Å². The number of unbranched alkanes of at least 4 members (excludes halogenated alkanes) is 6. The average molecular weight is 1470 g/mol. The second-order valence-electron chi connectivity index (χ2n) is 40.7. The van der Waals surface area contributed by atoms with Gasteiger partial charge in [-0.1, -0.05) is 46.4 Å². The molecule has 602 valence electrons. The molecule has 24 heteroatoms. The monoisotopic (exact) mass is 1470 g/mol. The van der Waals surface area contributed by atoms with E-state index in [0.29, 0.717) is 24.2 Å². The lowest BCUT2D eigenvalue weighted by Gasteiger charge is -2.54. The molecule has 24 nitrogen and oxygen atoms in total. The van der Waals surface area contributed by atoms with Gasteiger partial charge in [-0.2, -0.15) is 0 Å². The van der Waals surface area contributed by atoms with E-state index in [1.54, 1.807) is 15.8 Å². The molecule has 9 rings (SSSR count). The number of ether oxygens (including phenoxy) is 3. The van der Waals surface area contributed by atoms with Crippen molar-refractivity contribution in [2.45, 2.75) is 398 Å². The summed E-state index contributed by atoms with van der Waals surface area (Å²) >= 11 is 0. The number of piperidine rings is 6. The molecule has 0 unspecified atom stereocenters. The van der Waals surface area contributed by atoms with Crippen molar-refractivity contribution < 1.29 is 28.7 Å². The number of aliphatic imine (C=N–C) groups is 1. The van der Waals surface area contributed by atoms with Crippen molar-refractivity contribution in [3.8, 4) is 0 Å². The van der Waals surface area contributed by atoms with Crippen LogP contribution in [0.2, 0.25) is 0 Å². The number of likely N-dealkylation sites (tertiary alicyclic amines) is 6. The predicted molar refractivity (Wildman–Crippen MR) is 426 cm³/mol. The van der Waals surface area contributed by atoms with Gasteiger partial charge in [-0.25, -0.2) is 26.0 Å². The topological polar surface area (TPSA) is 185 Å². The van der Waals surface area contributed by atoms with Gasteiger partial charge < -0.3 is 24.4 Å². The van der Waals surface area contributed by atoms with Crippen LogP contribution in [0.3, 0.4) is 0 Å². The lowest BCUT2D eigenvalue weighted by molar-refractivity contribution is -0.275. The summed E-state index contributed by atoms with van der Waals surface area (Å²) in [4.78, 5) is 43.3. The Labute approximate surface area is 637 Å². The molecule has 0 aliphatic carbocycles. The van der Waals surface area contributed by atoms with Crippen molar-refractivity contribution in [3.05, 3.63) is 35.8 Å². The molecule has 0 saturated carbocycles. The van der Waals surface area contributed by atoms with E-state index in [4.69, 9.17) is 43.9 Å². The zero-order chi connectivity index (χ0) is 77.7. The van der Waals surface area contributed by atoms with Crippen molar-refractivity contribution in [2.24, 2.45) is 15.2 Å². The molecule has 0 amide bonds. The van der Waals surface area contributed by atoms with Crippen LogP contribution in [0, 0.1) is 0 Å². The summed E-state index contributed by atoms with van der Waals surface area (Å²) in [7, 11) is 13.4. The molecule has 0 aromatic rings. The SMILES string of the molecule is CN1C(C)(C)CC(OC2=CC(=NCCCCCCN(CCCCCCNC3=CC(OC4CC(C)(C)N(C)C(C)(C)C4)=NN(OC4CC(C)(C)N(C)C(C)(C)C4)N3)C3=CC(OC4CC(C)(C)N(C)C(C)(C)C4)=NN(OC4CC(C)(C)N(C)C(C)(C)C4)N3)NN(OC3CC(C)(C)N(C)C(C)(C)C3)N2)CC1(C)C. The first-order chi connectivity index (χ1) is 48.3. The Morgan fingerprint density at radius 1 is 0.371 bits per heavy atom. The van der Waals surface area contributed by atoms with Gasteiger partial charge in [0.15, 0.2) is 0 Å². The molecule has 0 atom stereocenters. The highest BCUT2D eigenvalue weighted by atomic mass is 16.8. The van der Waals surface area contributed by atoms with Crippen LogP contribution in [0.1, 0.15) is 295 Å². The van der Waals surface area contributed by atoms with Crippen LogP contribution in [0.5, 0.6) is 0 Å². The number of hydrazone groups is 2. The molecule has 105 heavy (non-hydrogen) atoms. The van der Waals surface area contributed by atoms with Crippen LogP contribution in [0.25, 0.3) is 0 Å². The smallest absolute Gasteiger partial charge is 0.239 e. The number of nitrogens with zero attached hydrogens (tertiary/aromatic N) is 13. The summed E-state index contributed by atoms with van der Waals surface area (Å²) in [6, 6.07) is 0. The van der Waals surface area contributed by atoms with Gasteiger partial charge in [0.2, 0.25) is 17.7 Å². The van der Waals surface area contributed by atoms with Crippen molar-refractivity contribution in [1.82, 2.24) is 77.2 Å². The summed E-state index contributed by atoms with van der Waals surface area (Å²) < 4.78 is 20.9. The Bertz CT molecular complexity index is 3020. The Balaban J connectivity index is 0.885. The van der Waals surface area contributed by atoms with Gasteiger partial charge in [-0.3, -0.25) is 44.7 Å². The fourth-order valence-corrected chi connectivity index (χ4v) is 19.3. The Kier molecular flexibility index (Phi) is 25.6. The quantitative estimate of drug-likeness (QED) is 0.0515. The second-order valence-corrected chi connectivity index (χ2v) is 40.7. The molecule has 0 aromatic heterocycles. The Morgan fingerprint density at radius 2 is 0.695 bits per heavy atom. The summed E-state index contributed by atoms with van der Waals surface area (Å²) in [6.07, 6.45) is 24.7. The molecule has 5 N–H and O–H groups in total. The molecule has 6 fully saturated rings. The normalized spacial score (nSPS) is 28.1. The fraction of sp³-hybridized carbons (Fsp3) is 0.889. The van der Waals surface area contributed by atoms with Crippen LogP contribution in [0.15, 0.2) is 50.9 Å². The summed E-state index contributed by atoms with van der Waals surface area (Å²) in [5.41, 5.74) is 13.5.